The van der Waals surface area contributed by atoms with E-state index < -0.39 is 10.0 Å². The molecule has 2 aliphatic heterocycles. The second-order valence-corrected chi connectivity index (χ2v) is 13.0. The number of hydrogen-bond donors (Lipinski definition) is 1. The van der Waals surface area contributed by atoms with E-state index in [1.165, 1.54) is 10.6 Å². The summed E-state index contributed by atoms with van der Waals surface area (Å²) in [5, 5.41) is 9.47. The fourth-order valence-electron chi connectivity index (χ4n) is 5.28. The van der Waals surface area contributed by atoms with E-state index in [0.717, 1.165) is 41.1 Å². The second-order valence-electron chi connectivity index (χ2n) is 10.3. The van der Waals surface area contributed by atoms with Gasteiger partial charge in [0.2, 0.25) is 10.0 Å². The molecular weight excluding hydrogens is 547 g/mol. The van der Waals surface area contributed by atoms with Crippen LogP contribution < -0.4 is 9.64 Å². The Kier molecular flexibility index (Phi) is 6.06. The average Bonchev–Trinajstić information content (AvgIpc) is 3.23. The zero-order valence-electron chi connectivity index (χ0n) is 21.1. The summed E-state index contributed by atoms with van der Waals surface area (Å²) in [6.45, 7) is 6.51. The maximum atomic E-state index is 11.7. The van der Waals surface area contributed by atoms with Gasteiger partial charge in [0.05, 0.1) is 27.5 Å². The van der Waals surface area contributed by atoms with Crippen molar-refractivity contribution in [2.45, 2.75) is 20.0 Å². The Morgan fingerprint density at radius 1 is 1.08 bits per heavy atom. The number of fused-ring (bicyclic) bond motifs is 1. The van der Waals surface area contributed by atoms with E-state index in [1.54, 1.807) is 6.20 Å². The number of aromatic amines is 1. The predicted molar refractivity (Wildman–Crippen MR) is 148 cm³/mol. The summed E-state index contributed by atoms with van der Waals surface area (Å²) >= 11 is 12.8. The summed E-state index contributed by atoms with van der Waals surface area (Å²) in [5.41, 5.74) is 3.98. The number of pyridine rings is 2. The third-order valence-electron chi connectivity index (χ3n) is 7.33. The van der Waals surface area contributed by atoms with Gasteiger partial charge in [0.25, 0.3) is 0 Å². The first-order valence-corrected chi connectivity index (χ1v) is 14.8. The van der Waals surface area contributed by atoms with E-state index in [2.05, 4.69) is 25.1 Å². The molecule has 0 aliphatic carbocycles. The Hall–Kier alpha value is -2.92. The highest BCUT2D eigenvalue weighted by atomic mass is 35.5. The lowest BCUT2D eigenvalue weighted by atomic mass is 9.74. The van der Waals surface area contributed by atoms with Crippen LogP contribution >= 0.6 is 23.2 Å². The van der Waals surface area contributed by atoms with Crippen molar-refractivity contribution in [1.29, 1.82) is 0 Å². The molecule has 2 saturated heterocycles. The van der Waals surface area contributed by atoms with Crippen LogP contribution in [0.15, 0.2) is 42.7 Å². The van der Waals surface area contributed by atoms with Gasteiger partial charge in [-0.1, -0.05) is 23.2 Å². The standard InChI is InChI=1S/C26H26Cl2N6O3S/c1-15-24(28)23(20(27)10-29-15)16(2)37-18-5-6-21-19(8-18)25(32-31-21)17-4-7-22(30-9-17)33-11-26(12-33)13-34(14-26)38(3,35)36/h4-10,16H,11-14H2,1-3H3,(H,31,32)/t16-/m1/s1. The Morgan fingerprint density at radius 2 is 1.84 bits per heavy atom. The first-order chi connectivity index (χ1) is 18.0. The van der Waals surface area contributed by atoms with Crippen LogP contribution in [0.25, 0.3) is 22.2 Å². The number of H-pyrrole nitrogens is 1. The van der Waals surface area contributed by atoms with Crippen LogP contribution in [0.5, 0.6) is 5.75 Å². The molecule has 1 N–H and O–H groups in total. The molecule has 0 radical (unpaired) electrons. The van der Waals surface area contributed by atoms with E-state index in [0.29, 0.717) is 40.1 Å². The van der Waals surface area contributed by atoms with Gasteiger partial charge in [-0.25, -0.2) is 17.7 Å². The van der Waals surface area contributed by atoms with Gasteiger partial charge in [-0.2, -0.15) is 5.10 Å². The van der Waals surface area contributed by atoms with E-state index in [1.807, 2.05) is 50.4 Å². The van der Waals surface area contributed by atoms with Crippen LogP contribution in [0.1, 0.15) is 24.3 Å². The lowest BCUT2D eigenvalue weighted by molar-refractivity contribution is 0.0395. The molecular formula is C26H26Cl2N6O3S. The second kappa shape index (κ2) is 9.08. The number of rotatable bonds is 6. The van der Waals surface area contributed by atoms with Crippen molar-refractivity contribution in [2.24, 2.45) is 5.41 Å². The minimum atomic E-state index is -3.11. The summed E-state index contributed by atoms with van der Waals surface area (Å²) in [4.78, 5) is 11.0. The van der Waals surface area contributed by atoms with E-state index in [9.17, 15) is 8.42 Å². The number of hydrogen-bond acceptors (Lipinski definition) is 7. The third kappa shape index (κ3) is 4.39. The van der Waals surface area contributed by atoms with Crippen molar-refractivity contribution < 1.29 is 13.2 Å². The molecule has 0 saturated carbocycles. The van der Waals surface area contributed by atoms with Crippen LogP contribution in [0.3, 0.4) is 0 Å². The smallest absolute Gasteiger partial charge is 0.211 e. The number of nitrogens with one attached hydrogen (secondary N) is 1. The molecule has 9 nitrogen and oxygen atoms in total. The molecule has 12 heteroatoms. The third-order valence-corrected chi connectivity index (χ3v) is 9.30. The molecule has 38 heavy (non-hydrogen) atoms. The molecule has 6 rings (SSSR count). The first kappa shape index (κ1) is 25.4. The highest BCUT2D eigenvalue weighted by molar-refractivity contribution is 7.88. The zero-order chi connectivity index (χ0) is 26.8. The molecule has 2 fully saturated rings. The quantitative estimate of drug-likeness (QED) is 0.352. The molecule has 0 unspecified atom stereocenters. The molecule has 1 aromatic carbocycles. The fourth-order valence-corrected chi connectivity index (χ4v) is 6.94. The molecule has 4 aromatic rings. The van der Waals surface area contributed by atoms with Crippen LogP contribution in [0.2, 0.25) is 10.0 Å². The van der Waals surface area contributed by atoms with Crippen molar-refractivity contribution in [3.8, 4) is 17.0 Å². The number of nitrogens with zero attached hydrogens (tertiary/aromatic N) is 5. The summed E-state index contributed by atoms with van der Waals surface area (Å²) in [6, 6.07) is 9.73. The molecule has 0 bridgehead atoms. The normalized spacial score (nSPS) is 17.9. The Labute approximate surface area is 230 Å². The largest absolute Gasteiger partial charge is 0.486 e. The van der Waals surface area contributed by atoms with Gasteiger partial charge in [0.1, 0.15) is 23.4 Å². The lowest BCUT2D eigenvalue weighted by Gasteiger charge is -2.59. The summed E-state index contributed by atoms with van der Waals surface area (Å²) < 4.78 is 31.1. The molecule has 1 spiro atoms. The minimum absolute atomic E-state index is 0.0543. The van der Waals surface area contributed by atoms with E-state index in [-0.39, 0.29) is 11.5 Å². The van der Waals surface area contributed by atoms with Gasteiger partial charge in [0, 0.05) is 60.5 Å². The van der Waals surface area contributed by atoms with Crippen LogP contribution in [0.4, 0.5) is 5.82 Å². The van der Waals surface area contributed by atoms with E-state index in [4.69, 9.17) is 27.9 Å². The van der Waals surface area contributed by atoms with Crippen LogP contribution in [-0.4, -0.2) is 65.3 Å². The Balaban J connectivity index is 1.18. The summed E-state index contributed by atoms with van der Waals surface area (Å²) in [6.07, 6.45) is 4.28. The number of sulfonamides is 1. The predicted octanol–water partition coefficient (Wildman–Crippen LogP) is 4.86. The number of benzene rings is 1. The maximum absolute atomic E-state index is 11.7. The molecule has 198 valence electrons. The maximum Gasteiger partial charge on any atom is 0.211 e. The molecule has 0 amide bonds. The van der Waals surface area contributed by atoms with Crippen molar-refractivity contribution in [3.05, 3.63) is 64.0 Å². The first-order valence-electron chi connectivity index (χ1n) is 12.1. The minimum Gasteiger partial charge on any atom is -0.486 e. The van der Waals surface area contributed by atoms with Crippen LogP contribution in [0, 0.1) is 12.3 Å². The van der Waals surface area contributed by atoms with Crippen LogP contribution in [-0.2, 0) is 10.0 Å². The van der Waals surface area contributed by atoms with Crippen molar-refractivity contribution >= 4 is 49.9 Å². The molecule has 2 aliphatic rings. The van der Waals surface area contributed by atoms with Gasteiger partial charge in [-0.05, 0) is 44.2 Å². The number of aryl methyl sites for hydroxylation is 1. The number of aromatic nitrogens is 4. The van der Waals surface area contributed by atoms with Gasteiger partial charge < -0.3 is 9.64 Å². The van der Waals surface area contributed by atoms with Gasteiger partial charge in [0.15, 0.2) is 0 Å². The monoisotopic (exact) mass is 572 g/mol. The summed E-state index contributed by atoms with van der Waals surface area (Å²) in [7, 11) is -3.11. The van der Waals surface area contributed by atoms with Gasteiger partial charge in [-0.15, -0.1) is 0 Å². The number of anilines is 1. The highest BCUT2D eigenvalue weighted by Crippen LogP contribution is 2.42. The van der Waals surface area contributed by atoms with E-state index >= 15 is 0 Å². The molecule has 5 heterocycles. The Bertz CT molecular complexity index is 1640. The molecule has 1 atom stereocenters. The fraction of sp³-hybridized carbons (Fsp3) is 0.346. The number of halogens is 2. The van der Waals surface area contributed by atoms with Gasteiger partial charge in [-0.3, -0.25) is 10.1 Å². The highest BCUT2D eigenvalue weighted by Gasteiger charge is 2.54. The Morgan fingerprint density at radius 3 is 2.53 bits per heavy atom. The molecule has 3 aromatic heterocycles. The zero-order valence-corrected chi connectivity index (χ0v) is 23.4. The topological polar surface area (TPSA) is 104 Å². The summed E-state index contributed by atoms with van der Waals surface area (Å²) in [5.74, 6) is 1.53. The van der Waals surface area contributed by atoms with Crippen molar-refractivity contribution in [2.75, 3.05) is 37.3 Å². The van der Waals surface area contributed by atoms with Crippen molar-refractivity contribution in [3.63, 3.8) is 0 Å². The van der Waals surface area contributed by atoms with Gasteiger partial charge >= 0.3 is 0 Å². The SMILES string of the molecule is Cc1ncc(Cl)c([C@@H](C)Oc2ccc3[nH]nc(-c4ccc(N5CC6(C5)CN(S(C)(=O)=O)C6)nc4)c3c2)c1Cl. The average molecular weight is 574 g/mol. The van der Waals surface area contributed by atoms with Crippen molar-refractivity contribution in [1.82, 2.24) is 24.5 Å². The number of ether oxygens (including phenoxy) is 1. The lowest BCUT2D eigenvalue weighted by Crippen LogP contribution is -2.73.